The monoisotopic (exact) mass is 222 g/mol. The number of rotatable bonds is 1. The highest BCUT2D eigenvalue weighted by Crippen LogP contribution is 2.21. The molecular weight excluding hydrogens is 208 g/mol. The standard InChI is InChI=1S/C9H8O.C3H6O3/c1-2-6-9-8(4-1)5-3-7-10-9;1-2(4)3(5)6/h1-6H,7H2;2,4H,1H3,(H,5,6). The number of carbonyl (C=O) groups is 1. The van der Waals surface area contributed by atoms with E-state index in [1.165, 1.54) is 12.5 Å². The van der Waals surface area contributed by atoms with Crippen molar-refractivity contribution in [1.29, 1.82) is 0 Å². The number of aliphatic hydroxyl groups is 1. The fourth-order valence-corrected chi connectivity index (χ4v) is 1.06. The topological polar surface area (TPSA) is 66.8 Å². The number of fused-ring (bicyclic) bond motifs is 1. The molecule has 1 aromatic rings. The van der Waals surface area contributed by atoms with Crippen LogP contribution < -0.4 is 4.74 Å². The molecule has 0 aromatic heterocycles. The number of hydrogen-bond acceptors (Lipinski definition) is 3. The summed E-state index contributed by atoms with van der Waals surface area (Å²) in [5.74, 6) is -0.194. The molecule has 0 aliphatic carbocycles. The molecule has 1 heterocycles. The van der Waals surface area contributed by atoms with Crippen molar-refractivity contribution in [2.75, 3.05) is 6.61 Å². The fourth-order valence-electron chi connectivity index (χ4n) is 1.06. The van der Waals surface area contributed by atoms with Crippen molar-refractivity contribution >= 4 is 12.0 Å². The molecule has 0 fully saturated rings. The average molecular weight is 222 g/mol. The van der Waals surface area contributed by atoms with Gasteiger partial charge in [0.25, 0.3) is 0 Å². The predicted molar refractivity (Wildman–Crippen MR) is 60.3 cm³/mol. The molecule has 16 heavy (non-hydrogen) atoms. The van der Waals surface area contributed by atoms with Crippen molar-refractivity contribution in [2.24, 2.45) is 0 Å². The summed E-state index contributed by atoms with van der Waals surface area (Å²) in [7, 11) is 0. The summed E-state index contributed by atoms with van der Waals surface area (Å²) in [4.78, 5) is 9.45. The molecular formula is C12H14O4. The van der Waals surface area contributed by atoms with Gasteiger partial charge in [0.05, 0.1) is 0 Å². The van der Waals surface area contributed by atoms with Gasteiger partial charge in [-0.25, -0.2) is 4.79 Å². The van der Waals surface area contributed by atoms with Crippen LogP contribution in [0.4, 0.5) is 0 Å². The summed E-state index contributed by atoms with van der Waals surface area (Å²) in [6.07, 6.45) is 2.87. The minimum Gasteiger partial charge on any atom is -0.489 e. The van der Waals surface area contributed by atoms with Gasteiger partial charge in [0.15, 0.2) is 0 Å². The summed E-state index contributed by atoms with van der Waals surface area (Å²) in [5, 5.41) is 15.8. The zero-order chi connectivity index (χ0) is 12.0. The lowest BCUT2D eigenvalue weighted by atomic mass is 10.1. The Balaban J connectivity index is 0.000000187. The van der Waals surface area contributed by atoms with Crippen molar-refractivity contribution in [1.82, 2.24) is 0 Å². The third-order valence-electron chi connectivity index (χ3n) is 1.91. The highest BCUT2D eigenvalue weighted by atomic mass is 16.5. The number of carboxylic acids is 1. The summed E-state index contributed by atoms with van der Waals surface area (Å²) >= 11 is 0. The zero-order valence-corrected chi connectivity index (χ0v) is 8.96. The van der Waals surface area contributed by atoms with Crippen LogP contribution in [-0.2, 0) is 4.79 Å². The molecule has 0 radical (unpaired) electrons. The number of para-hydroxylation sites is 1. The number of benzene rings is 1. The normalized spacial score (nSPS) is 13.9. The molecule has 1 aliphatic rings. The smallest absolute Gasteiger partial charge is 0.332 e. The first-order valence-electron chi connectivity index (χ1n) is 4.90. The van der Waals surface area contributed by atoms with Crippen molar-refractivity contribution in [3.05, 3.63) is 35.9 Å². The first-order valence-corrected chi connectivity index (χ1v) is 4.90. The van der Waals surface area contributed by atoms with E-state index in [0.717, 1.165) is 5.75 Å². The zero-order valence-electron chi connectivity index (χ0n) is 8.96. The minimum absolute atomic E-state index is 0.705. The molecule has 0 saturated heterocycles. The van der Waals surface area contributed by atoms with Crippen LogP contribution in [0.25, 0.3) is 6.08 Å². The van der Waals surface area contributed by atoms with E-state index in [1.54, 1.807) is 0 Å². The van der Waals surface area contributed by atoms with E-state index in [9.17, 15) is 4.79 Å². The fraction of sp³-hybridized carbons (Fsp3) is 0.250. The Labute approximate surface area is 93.8 Å². The molecule has 1 atom stereocenters. The van der Waals surface area contributed by atoms with Gasteiger partial charge in [0.1, 0.15) is 18.5 Å². The molecule has 4 nitrogen and oxygen atoms in total. The average Bonchev–Trinajstić information content (AvgIpc) is 2.30. The number of carboxylic acid groups (broad SMARTS) is 1. The Morgan fingerprint density at radius 2 is 2.06 bits per heavy atom. The van der Waals surface area contributed by atoms with Crippen LogP contribution in [0, 0.1) is 0 Å². The molecule has 0 bridgehead atoms. The minimum atomic E-state index is -1.23. The van der Waals surface area contributed by atoms with Crippen molar-refractivity contribution in [3.8, 4) is 5.75 Å². The van der Waals surface area contributed by atoms with E-state index in [2.05, 4.69) is 6.08 Å². The Bertz CT molecular complexity index is 382. The third-order valence-corrected chi connectivity index (χ3v) is 1.91. The summed E-state index contributed by atoms with van der Waals surface area (Å²) in [5.41, 5.74) is 1.17. The van der Waals surface area contributed by atoms with Crippen molar-refractivity contribution in [2.45, 2.75) is 13.0 Å². The Hall–Kier alpha value is -1.81. The second-order valence-corrected chi connectivity index (χ2v) is 3.27. The van der Waals surface area contributed by atoms with Gasteiger partial charge in [0.2, 0.25) is 0 Å². The van der Waals surface area contributed by atoms with Crippen LogP contribution in [0.1, 0.15) is 12.5 Å². The first kappa shape index (κ1) is 12.3. The molecule has 86 valence electrons. The lowest BCUT2D eigenvalue weighted by Crippen LogP contribution is -2.13. The molecule has 0 saturated carbocycles. The Morgan fingerprint density at radius 3 is 2.62 bits per heavy atom. The largest absolute Gasteiger partial charge is 0.489 e. The van der Waals surface area contributed by atoms with Crippen LogP contribution in [0.5, 0.6) is 5.75 Å². The van der Waals surface area contributed by atoms with Gasteiger partial charge in [-0.2, -0.15) is 0 Å². The second-order valence-electron chi connectivity index (χ2n) is 3.27. The van der Waals surface area contributed by atoms with Crippen LogP contribution >= 0.6 is 0 Å². The van der Waals surface area contributed by atoms with E-state index in [-0.39, 0.29) is 0 Å². The van der Waals surface area contributed by atoms with Crippen LogP contribution in [0.2, 0.25) is 0 Å². The molecule has 1 unspecified atom stereocenters. The van der Waals surface area contributed by atoms with Gasteiger partial charge in [0, 0.05) is 5.56 Å². The molecule has 1 aliphatic heterocycles. The number of aliphatic hydroxyl groups excluding tert-OH is 1. The summed E-state index contributed by atoms with van der Waals surface area (Å²) in [6.45, 7) is 1.90. The van der Waals surface area contributed by atoms with Crippen LogP contribution in [0.15, 0.2) is 30.3 Å². The van der Waals surface area contributed by atoms with Gasteiger partial charge in [-0.05, 0) is 19.1 Å². The van der Waals surface area contributed by atoms with Gasteiger partial charge in [-0.3, -0.25) is 0 Å². The summed E-state index contributed by atoms with van der Waals surface area (Å²) in [6, 6.07) is 8.03. The van der Waals surface area contributed by atoms with Gasteiger partial charge >= 0.3 is 5.97 Å². The van der Waals surface area contributed by atoms with Crippen molar-refractivity contribution in [3.63, 3.8) is 0 Å². The Kier molecular flexibility index (Phi) is 4.54. The van der Waals surface area contributed by atoms with Gasteiger partial charge in [-0.1, -0.05) is 24.3 Å². The maximum absolute atomic E-state index is 9.45. The Morgan fingerprint density at radius 1 is 1.44 bits per heavy atom. The van der Waals surface area contributed by atoms with Crippen LogP contribution in [0.3, 0.4) is 0 Å². The van der Waals surface area contributed by atoms with Crippen LogP contribution in [-0.4, -0.2) is 28.9 Å². The quantitative estimate of drug-likeness (QED) is 0.756. The molecule has 0 spiro atoms. The van der Waals surface area contributed by atoms with E-state index < -0.39 is 12.1 Å². The molecule has 4 heteroatoms. The molecule has 2 N–H and O–H groups in total. The first-order chi connectivity index (χ1) is 7.61. The predicted octanol–water partition coefficient (Wildman–Crippen LogP) is 1.54. The maximum atomic E-state index is 9.45. The molecule has 2 rings (SSSR count). The van der Waals surface area contributed by atoms with Gasteiger partial charge < -0.3 is 14.9 Å². The van der Waals surface area contributed by atoms with Gasteiger partial charge in [-0.15, -0.1) is 0 Å². The third kappa shape index (κ3) is 3.74. The lowest BCUT2D eigenvalue weighted by Gasteiger charge is -2.10. The molecule has 1 aromatic carbocycles. The van der Waals surface area contributed by atoms with Crippen molar-refractivity contribution < 1.29 is 19.7 Å². The highest BCUT2D eigenvalue weighted by molar-refractivity contribution is 5.71. The number of ether oxygens (including phenoxy) is 1. The lowest BCUT2D eigenvalue weighted by molar-refractivity contribution is -0.145. The molecule has 0 amide bonds. The van der Waals surface area contributed by atoms with E-state index in [1.807, 2.05) is 30.3 Å². The van der Waals surface area contributed by atoms with E-state index in [4.69, 9.17) is 14.9 Å². The van der Waals surface area contributed by atoms with E-state index in [0.29, 0.717) is 6.61 Å². The highest BCUT2D eigenvalue weighted by Gasteiger charge is 2.01. The maximum Gasteiger partial charge on any atom is 0.332 e. The second kappa shape index (κ2) is 5.92. The number of aliphatic carboxylic acids is 1. The van der Waals surface area contributed by atoms with E-state index >= 15 is 0 Å². The summed E-state index contributed by atoms with van der Waals surface area (Å²) < 4.78 is 5.34. The SMILES string of the molecule is C1=Cc2ccccc2OC1.CC(O)C(=O)O. The number of hydrogen-bond donors (Lipinski definition) is 2.